The summed E-state index contributed by atoms with van der Waals surface area (Å²) in [6, 6.07) is 13.5. The third kappa shape index (κ3) is 7.09. The molecule has 1 aliphatic rings. The topological polar surface area (TPSA) is 18.5 Å². The first-order chi connectivity index (χ1) is 13.5. The van der Waals surface area contributed by atoms with Gasteiger partial charge >= 0.3 is 0 Å². The van der Waals surface area contributed by atoms with E-state index < -0.39 is 0 Å². The van der Waals surface area contributed by atoms with Crippen LogP contribution in [-0.2, 0) is 15.2 Å². The number of alkyl halides is 1. The van der Waals surface area contributed by atoms with Gasteiger partial charge in [-0.15, -0.1) is 0 Å². The maximum Gasteiger partial charge on any atom is 0.158 e. The van der Waals surface area contributed by atoms with Crippen molar-refractivity contribution in [3.05, 3.63) is 68.7 Å². The van der Waals surface area contributed by atoms with E-state index in [0.717, 1.165) is 41.4 Å². The fourth-order valence-corrected chi connectivity index (χ4v) is 5.44. The first kappa shape index (κ1) is 22.7. The summed E-state index contributed by atoms with van der Waals surface area (Å²) in [5, 5.41) is 2.04. The summed E-state index contributed by atoms with van der Waals surface area (Å²) in [4.78, 5) is 0.000484. The van der Waals surface area contributed by atoms with Crippen LogP contribution in [0.1, 0.15) is 35.2 Å². The Balaban J connectivity index is 1.41. The number of halogens is 4. The van der Waals surface area contributed by atoms with E-state index >= 15 is 0 Å². The van der Waals surface area contributed by atoms with Crippen molar-refractivity contribution in [2.24, 2.45) is 0 Å². The first-order valence-corrected chi connectivity index (χ1v) is 12.4. The highest BCUT2D eigenvalue weighted by molar-refractivity contribution is 9.09. The number of thioether (sulfide) groups is 1. The van der Waals surface area contributed by atoms with Crippen LogP contribution in [0.15, 0.2) is 42.5 Å². The van der Waals surface area contributed by atoms with Gasteiger partial charge in [0.1, 0.15) is 0 Å². The molecule has 0 aliphatic carbocycles. The van der Waals surface area contributed by atoms with Gasteiger partial charge in [-0.3, -0.25) is 0 Å². The van der Waals surface area contributed by atoms with Crippen molar-refractivity contribution in [1.29, 1.82) is 0 Å². The van der Waals surface area contributed by atoms with Gasteiger partial charge in [-0.1, -0.05) is 68.9 Å². The van der Waals surface area contributed by atoms with Crippen molar-refractivity contribution in [2.75, 3.05) is 12.4 Å². The van der Waals surface area contributed by atoms with Crippen LogP contribution in [0.2, 0.25) is 15.1 Å². The van der Waals surface area contributed by atoms with Crippen LogP contribution in [-0.4, -0.2) is 24.8 Å². The lowest BCUT2D eigenvalue weighted by molar-refractivity contribution is -0.187. The van der Waals surface area contributed by atoms with Gasteiger partial charge in [0, 0.05) is 26.6 Å². The summed E-state index contributed by atoms with van der Waals surface area (Å²) in [7, 11) is 0. The standard InChI is InChI=1S/C21H22BrCl3O2S/c22-19(18-9-8-16(24)10-20(18)25)11-26-21-3-1-2-17(27-21)13-28-12-14-4-6-15(23)7-5-14/h4-10,17,19,21H,1-3,11-13H2. The molecule has 1 aliphatic heterocycles. The van der Waals surface area contributed by atoms with Gasteiger partial charge in [-0.25, -0.2) is 0 Å². The van der Waals surface area contributed by atoms with Crippen molar-refractivity contribution < 1.29 is 9.47 Å². The van der Waals surface area contributed by atoms with Gasteiger partial charge < -0.3 is 9.47 Å². The van der Waals surface area contributed by atoms with Crippen molar-refractivity contribution in [1.82, 2.24) is 0 Å². The normalized spacial score (nSPS) is 20.9. The molecule has 7 heteroatoms. The van der Waals surface area contributed by atoms with Crippen LogP contribution in [0.25, 0.3) is 0 Å². The molecule has 3 rings (SSSR count). The predicted octanol–water partition coefficient (Wildman–Crippen LogP) is 7.93. The van der Waals surface area contributed by atoms with Crippen molar-refractivity contribution in [3.8, 4) is 0 Å². The molecule has 1 saturated heterocycles. The summed E-state index contributed by atoms with van der Waals surface area (Å²) in [5.74, 6) is 1.92. The summed E-state index contributed by atoms with van der Waals surface area (Å²) in [6.07, 6.45) is 3.18. The summed E-state index contributed by atoms with van der Waals surface area (Å²) in [6.45, 7) is 0.497. The third-order valence-electron chi connectivity index (χ3n) is 4.52. The zero-order valence-electron chi connectivity index (χ0n) is 15.3. The Morgan fingerprint density at radius 1 is 1.07 bits per heavy atom. The SMILES string of the molecule is Clc1ccc(CSCC2CCCC(OCC(Br)c3ccc(Cl)cc3Cl)O2)cc1. The highest BCUT2D eigenvalue weighted by atomic mass is 79.9. The highest BCUT2D eigenvalue weighted by Crippen LogP contribution is 2.33. The summed E-state index contributed by atoms with van der Waals surface area (Å²) < 4.78 is 12.1. The number of hydrogen-bond donors (Lipinski definition) is 0. The average Bonchev–Trinajstić information content (AvgIpc) is 2.68. The minimum Gasteiger partial charge on any atom is -0.351 e. The molecule has 1 fully saturated rings. The molecule has 2 aromatic rings. The third-order valence-corrected chi connectivity index (χ3v) is 7.24. The molecule has 28 heavy (non-hydrogen) atoms. The molecule has 152 valence electrons. The van der Waals surface area contributed by atoms with E-state index in [1.54, 1.807) is 6.07 Å². The molecule has 3 unspecified atom stereocenters. The second-order valence-electron chi connectivity index (χ2n) is 6.73. The number of ether oxygens (including phenoxy) is 2. The summed E-state index contributed by atoms with van der Waals surface area (Å²) >= 11 is 23.7. The van der Waals surface area contributed by atoms with E-state index in [1.807, 2.05) is 36.0 Å². The van der Waals surface area contributed by atoms with Gasteiger partial charge in [0.15, 0.2) is 6.29 Å². The smallest absolute Gasteiger partial charge is 0.158 e. The van der Waals surface area contributed by atoms with E-state index in [4.69, 9.17) is 44.3 Å². The molecule has 0 bridgehead atoms. The number of hydrogen-bond acceptors (Lipinski definition) is 3. The number of benzene rings is 2. The quantitative estimate of drug-likeness (QED) is 0.327. The Morgan fingerprint density at radius 2 is 1.82 bits per heavy atom. The van der Waals surface area contributed by atoms with Crippen molar-refractivity contribution in [2.45, 2.75) is 42.2 Å². The Morgan fingerprint density at radius 3 is 2.57 bits per heavy atom. The van der Waals surface area contributed by atoms with Crippen LogP contribution >= 0.6 is 62.5 Å². The monoisotopic (exact) mass is 522 g/mol. The summed E-state index contributed by atoms with van der Waals surface area (Å²) in [5.41, 5.74) is 2.25. The molecule has 0 N–H and O–H groups in total. The zero-order valence-corrected chi connectivity index (χ0v) is 19.9. The Labute approximate surface area is 194 Å². The molecule has 0 amide bonds. The van der Waals surface area contributed by atoms with Crippen molar-refractivity contribution >= 4 is 62.5 Å². The van der Waals surface area contributed by atoms with Crippen LogP contribution in [0.4, 0.5) is 0 Å². The second-order valence-corrected chi connectivity index (χ2v) is 10.1. The minimum absolute atomic E-state index is 0.000484. The Hall–Kier alpha value is 0.0600. The first-order valence-electron chi connectivity index (χ1n) is 9.19. The molecule has 2 aromatic carbocycles. The Bertz CT molecular complexity index is 760. The highest BCUT2D eigenvalue weighted by Gasteiger charge is 2.24. The van der Waals surface area contributed by atoms with E-state index in [2.05, 4.69) is 28.1 Å². The molecular formula is C21H22BrCl3O2S. The molecular weight excluding hydrogens is 503 g/mol. The molecule has 3 atom stereocenters. The molecule has 2 nitrogen and oxygen atoms in total. The fraction of sp³-hybridized carbons (Fsp3) is 0.429. The predicted molar refractivity (Wildman–Crippen MR) is 124 cm³/mol. The fourth-order valence-electron chi connectivity index (χ4n) is 3.03. The lowest BCUT2D eigenvalue weighted by atomic mass is 10.1. The van der Waals surface area contributed by atoms with E-state index in [-0.39, 0.29) is 17.2 Å². The van der Waals surface area contributed by atoms with Gasteiger partial charge in [0.05, 0.1) is 17.5 Å². The van der Waals surface area contributed by atoms with E-state index in [1.165, 1.54) is 5.56 Å². The lowest BCUT2D eigenvalue weighted by Gasteiger charge is -2.30. The van der Waals surface area contributed by atoms with Crippen molar-refractivity contribution in [3.63, 3.8) is 0 Å². The van der Waals surface area contributed by atoms with E-state index in [9.17, 15) is 0 Å². The average molecular weight is 525 g/mol. The van der Waals surface area contributed by atoms with Crippen LogP contribution in [0.3, 0.4) is 0 Å². The van der Waals surface area contributed by atoms with Gasteiger partial charge in [-0.05, 0) is 54.7 Å². The zero-order chi connectivity index (χ0) is 19.9. The van der Waals surface area contributed by atoms with Crippen LogP contribution in [0, 0.1) is 0 Å². The molecule has 0 radical (unpaired) electrons. The van der Waals surface area contributed by atoms with Gasteiger partial charge in [-0.2, -0.15) is 11.8 Å². The lowest BCUT2D eigenvalue weighted by Crippen LogP contribution is -2.32. The molecule has 0 saturated carbocycles. The molecule has 0 aromatic heterocycles. The maximum atomic E-state index is 6.27. The molecule has 0 spiro atoms. The second kappa shape index (κ2) is 11.5. The number of rotatable bonds is 8. The largest absolute Gasteiger partial charge is 0.351 e. The van der Waals surface area contributed by atoms with Crippen LogP contribution in [0.5, 0.6) is 0 Å². The van der Waals surface area contributed by atoms with Gasteiger partial charge in [0.2, 0.25) is 0 Å². The minimum atomic E-state index is -0.166. The van der Waals surface area contributed by atoms with Gasteiger partial charge in [0.25, 0.3) is 0 Å². The van der Waals surface area contributed by atoms with E-state index in [0.29, 0.717) is 16.7 Å². The Kier molecular flexibility index (Phi) is 9.30. The molecule has 1 heterocycles. The maximum absolute atomic E-state index is 6.27. The van der Waals surface area contributed by atoms with Crippen LogP contribution < -0.4 is 0 Å².